The molecule has 1 aromatic carbocycles. The number of nitrogens with one attached hydrogen (secondary N) is 1. The maximum atomic E-state index is 12.1. The normalized spacial score (nSPS) is 12.7. The summed E-state index contributed by atoms with van der Waals surface area (Å²) in [5.74, 6) is -0.225. The molecule has 1 unspecified atom stereocenters. The number of rotatable bonds is 7. The van der Waals surface area contributed by atoms with E-state index in [9.17, 15) is 15.0 Å². The second-order valence-corrected chi connectivity index (χ2v) is 6.52. The molecule has 1 amide bonds. The molecule has 0 bridgehead atoms. The summed E-state index contributed by atoms with van der Waals surface area (Å²) in [6.07, 6.45) is 3.87. The first-order chi connectivity index (χ1) is 11.3. The van der Waals surface area contributed by atoms with Crippen molar-refractivity contribution in [2.45, 2.75) is 38.4 Å². The van der Waals surface area contributed by atoms with E-state index in [2.05, 4.69) is 10.3 Å². The van der Waals surface area contributed by atoms with Gasteiger partial charge in [-0.05, 0) is 62.1 Å². The molecule has 0 saturated carbocycles. The van der Waals surface area contributed by atoms with Gasteiger partial charge in [0.25, 0.3) is 5.91 Å². The molecule has 0 fully saturated rings. The van der Waals surface area contributed by atoms with Gasteiger partial charge in [-0.25, -0.2) is 0 Å². The lowest BCUT2D eigenvalue weighted by Crippen LogP contribution is -2.28. The smallest absolute Gasteiger partial charge is 0.251 e. The van der Waals surface area contributed by atoms with E-state index in [1.807, 2.05) is 12.1 Å². The van der Waals surface area contributed by atoms with Crippen LogP contribution >= 0.6 is 0 Å². The minimum Gasteiger partial charge on any atom is -0.390 e. The lowest BCUT2D eigenvalue weighted by molar-refractivity contribution is 0.0713. The van der Waals surface area contributed by atoms with Crippen molar-refractivity contribution in [1.82, 2.24) is 10.3 Å². The van der Waals surface area contributed by atoms with Gasteiger partial charge in [-0.1, -0.05) is 12.1 Å². The number of carbonyl (C=O) groups is 1. The number of carbonyl (C=O) groups excluding carboxylic acids is 1. The van der Waals surface area contributed by atoms with Crippen molar-refractivity contribution >= 4 is 5.91 Å². The largest absolute Gasteiger partial charge is 0.390 e. The Morgan fingerprint density at radius 3 is 2.38 bits per heavy atom. The quantitative estimate of drug-likeness (QED) is 0.728. The monoisotopic (exact) mass is 328 g/mol. The van der Waals surface area contributed by atoms with Crippen molar-refractivity contribution in [2.75, 3.05) is 6.54 Å². The molecule has 128 valence electrons. The fourth-order valence-corrected chi connectivity index (χ4v) is 2.27. The van der Waals surface area contributed by atoms with E-state index in [0.29, 0.717) is 17.5 Å². The number of aliphatic hydroxyl groups excluding tert-OH is 1. The van der Waals surface area contributed by atoms with Gasteiger partial charge in [0.1, 0.15) is 0 Å². The summed E-state index contributed by atoms with van der Waals surface area (Å²) in [5, 5.41) is 22.5. The molecular formula is C19H24N2O3. The molecule has 0 radical (unpaired) electrons. The second kappa shape index (κ2) is 8.04. The zero-order valence-corrected chi connectivity index (χ0v) is 14.1. The number of benzene rings is 1. The predicted octanol–water partition coefficient (Wildman–Crippen LogP) is 2.25. The number of amides is 1. The predicted molar refractivity (Wildman–Crippen MR) is 92.6 cm³/mol. The summed E-state index contributed by atoms with van der Waals surface area (Å²) in [5.41, 5.74) is 1.64. The average molecular weight is 328 g/mol. The number of aryl methyl sites for hydroxylation is 1. The van der Waals surface area contributed by atoms with E-state index < -0.39 is 11.7 Å². The molecule has 2 aromatic rings. The van der Waals surface area contributed by atoms with E-state index in [1.54, 1.807) is 50.5 Å². The second-order valence-electron chi connectivity index (χ2n) is 6.52. The van der Waals surface area contributed by atoms with Crippen LogP contribution in [-0.2, 0) is 6.42 Å². The summed E-state index contributed by atoms with van der Waals surface area (Å²) >= 11 is 0. The number of pyridine rings is 1. The Morgan fingerprint density at radius 1 is 1.17 bits per heavy atom. The molecule has 24 heavy (non-hydrogen) atoms. The molecule has 1 atom stereocenters. The molecule has 1 heterocycles. The molecule has 1 aromatic heterocycles. The Bertz CT molecular complexity index is 649. The lowest BCUT2D eigenvalue weighted by atomic mass is 9.98. The Labute approximate surface area is 142 Å². The average Bonchev–Trinajstić information content (AvgIpc) is 2.58. The van der Waals surface area contributed by atoms with Crippen molar-refractivity contribution in [3.63, 3.8) is 0 Å². The van der Waals surface area contributed by atoms with Gasteiger partial charge in [0.2, 0.25) is 0 Å². The molecular weight excluding hydrogens is 304 g/mol. The van der Waals surface area contributed by atoms with Crippen LogP contribution in [0.4, 0.5) is 0 Å². The van der Waals surface area contributed by atoms with Crippen molar-refractivity contribution in [2.24, 2.45) is 0 Å². The van der Waals surface area contributed by atoms with Crippen LogP contribution in [0.5, 0.6) is 0 Å². The van der Waals surface area contributed by atoms with E-state index in [0.717, 1.165) is 12.0 Å². The van der Waals surface area contributed by atoms with Gasteiger partial charge in [0, 0.05) is 24.5 Å². The summed E-state index contributed by atoms with van der Waals surface area (Å²) in [6, 6.07) is 10.7. The minimum absolute atomic E-state index is 0.142. The minimum atomic E-state index is -0.761. The van der Waals surface area contributed by atoms with Crippen molar-refractivity contribution in [3.8, 4) is 0 Å². The molecule has 0 aliphatic carbocycles. The molecule has 0 spiro atoms. The third-order valence-electron chi connectivity index (χ3n) is 3.79. The van der Waals surface area contributed by atoms with Gasteiger partial charge in [-0.2, -0.15) is 0 Å². The summed E-state index contributed by atoms with van der Waals surface area (Å²) < 4.78 is 0. The van der Waals surface area contributed by atoms with E-state index >= 15 is 0 Å². The number of hydrogen-bond acceptors (Lipinski definition) is 4. The van der Waals surface area contributed by atoms with Gasteiger partial charge < -0.3 is 15.5 Å². The first kappa shape index (κ1) is 18.1. The van der Waals surface area contributed by atoms with Crippen LogP contribution in [0.15, 0.2) is 48.8 Å². The number of aromatic nitrogens is 1. The van der Waals surface area contributed by atoms with Gasteiger partial charge in [-0.3, -0.25) is 9.78 Å². The highest BCUT2D eigenvalue weighted by Gasteiger charge is 2.13. The topological polar surface area (TPSA) is 82.5 Å². The van der Waals surface area contributed by atoms with Gasteiger partial charge in [0.05, 0.1) is 11.7 Å². The number of hydrogen-bond donors (Lipinski definition) is 3. The standard InChI is InChI=1S/C19H24N2O3/c1-19(2,24)10-7-14-3-5-16(6-4-14)18(23)21-13-17(22)15-8-11-20-12-9-15/h3-6,8-9,11-12,17,22,24H,7,10,13H2,1-2H3,(H,21,23). The molecule has 0 saturated heterocycles. The lowest BCUT2D eigenvalue weighted by Gasteiger charge is -2.16. The Hall–Kier alpha value is -2.24. The zero-order chi connectivity index (χ0) is 17.6. The molecule has 5 nitrogen and oxygen atoms in total. The maximum absolute atomic E-state index is 12.1. The molecule has 0 aliphatic heterocycles. The first-order valence-electron chi connectivity index (χ1n) is 8.03. The van der Waals surface area contributed by atoms with Gasteiger partial charge in [-0.15, -0.1) is 0 Å². The van der Waals surface area contributed by atoms with E-state index in [4.69, 9.17) is 0 Å². The van der Waals surface area contributed by atoms with Crippen LogP contribution in [0.2, 0.25) is 0 Å². The van der Waals surface area contributed by atoms with Crippen molar-refractivity contribution in [3.05, 3.63) is 65.5 Å². The Balaban J connectivity index is 1.86. The van der Waals surface area contributed by atoms with Crippen LogP contribution in [-0.4, -0.2) is 33.3 Å². The van der Waals surface area contributed by atoms with Crippen LogP contribution in [0.1, 0.15) is 47.9 Å². The zero-order valence-electron chi connectivity index (χ0n) is 14.1. The number of aliphatic hydroxyl groups is 2. The molecule has 2 rings (SSSR count). The third kappa shape index (κ3) is 5.76. The molecule has 0 aliphatic rings. The SMILES string of the molecule is CC(C)(O)CCc1ccc(C(=O)NCC(O)c2ccncc2)cc1. The highest BCUT2D eigenvalue weighted by Crippen LogP contribution is 2.14. The van der Waals surface area contributed by atoms with E-state index in [1.165, 1.54) is 0 Å². The summed E-state index contributed by atoms with van der Waals surface area (Å²) in [6.45, 7) is 3.70. The Morgan fingerprint density at radius 2 is 1.79 bits per heavy atom. The van der Waals surface area contributed by atoms with Crippen molar-refractivity contribution in [1.29, 1.82) is 0 Å². The Kier molecular flexibility index (Phi) is 6.06. The first-order valence-corrected chi connectivity index (χ1v) is 8.03. The number of nitrogens with zero attached hydrogens (tertiary/aromatic N) is 1. The molecule has 5 heteroatoms. The molecule has 3 N–H and O–H groups in total. The summed E-state index contributed by atoms with van der Waals surface area (Å²) in [4.78, 5) is 16.0. The third-order valence-corrected chi connectivity index (χ3v) is 3.79. The van der Waals surface area contributed by atoms with Crippen molar-refractivity contribution < 1.29 is 15.0 Å². The fraction of sp³-hybridized carbons (Fsp3) is 0.368. The van der Waals surface area contributed by atoms with Crippen LogP contribution in [0.25, 0.3) is 0 Å². The van der Waals surface area contributed by atoms with Crippen LogP contribution in [0.3, 0.4) is 0 Å². The van der Waals surface area contributed by atoms with Gasteiger partial charge in [0.15, 0.2) is 0 Å². The van der Waals surface area contributed by atoms with Gasteiger partial charge >= 0.3 is 0 Å². The maximum Gasteiger partial charge on any atom is 0.251 e. The summed E-state index contributed by atoms with van der Waals surface area (Å²) in [7, 11) is 0. The van der Waals surface area contributed by atoms with E-state index in [-0.39, 0.29) is 12.5 Å². The highest BCUT2D eigenvalue weighted by atomic mass is 16.3. The highest BCUT2D eigenvalue weighted by molar-refractivity contribution is 5.94. The van der Waals surface area contributed by atoms with Crippen LogP contribution in [0, 0.1) is 0 Å². The van der Waals surface area contributed by atoms with Crippen LogP contribution < -0.4 is 5.32 Å². The fourth-order valence-electron chi connectivity index (χ4n) is 2.27.